The Balaban J connectivity index is 2.05. The number of halogens is 1. The second-order valence-corrected chi connectivity index (χ2v) is 6.20. The summed E-state index contributed by atoms with van der Waals surface area (Å²) in [6, 6.07) is 0. The fraction of sp³-hybridized carbons (Fsp3) is 0.600. The van der Waals surface area contributed by atoms with Crippen LogP contribution in [0.5, 0.6) is 0 Å². The SMILES string of the molecule is C#CCn1ncc(NCC2CCCCC2CO)c(Br)c1=O. The fourth-order valence-corrected chi connectivity index (χ4v) is 3.27. The number of terminal acetylenes is 1. The van der Waals surface area contributed by atoms with Crippen molar-refractivity contribution >= 4 is 21.6 Å². The smallest absolute Gasteiger partial charge is 0.284 e. The van der Waals surface area contributed by atoms with Crippen molar-refractivity contribution in [2.24, 2.45) is 11.8 Å². The van der Waals surface area contributed by atoms with Crippen molar-refractivity contribution in [3.63, 3.8) is 0 Å². The van der Waals surface area contributed by atoms with Crippen molar-refractivity contribution in [2.75, 3.05) is 18.5 Å². The largest absolute Gasteiger partial charge is 0.396 e. The number of nitrogens with one attached hydrogen (secondary N) is 1. The zero-order valence-corrected chi connectivity index (χ0v) is 13.5. The molecule has 0 aromatic carbocycles. The van der Waals surface area contributed by atoms with Gasteiger partial charge in [0.05, 0.1) is 11.9 Å². The molecule has 1 aromatic rings. The minimum atomic E-state index is -0.236. The van der Waals surface area contributed by atoms with E-state index in [2.05, 4.69) is 32.3 Å². The lowest BCUT2D eigenvalue weighted by atomic mass is 9.79. The Labute approximate surface area is 132 Å². The van der Waals surface area contributed by atoms with Gasteiger partial charge in [-0.3, -0.25) is 4.79 Å². The predicted octanol–water partition coefficient (Wildman–Crippen LogP) is 1.85. The molecule has 0 saturated heterocycles. The van der Waals surface area contributed by atoms with Crippen LogP contribution in [0, 0.1) is 24.2 Å². The van der Waals surface area contributed by atoms with Crippen LogP contribution >= 0.6 is 15.9 Å². The van der Waals surface area contributed by atoms with Crippen molar-refractivity contribution in [3.05, 3.63) is 21.0 Å². The molecule has 6 heteroatoms. The van der Waals surface area contributed by atoms with Crippen LogP contribution in [0.2, 0.25) is 0 Å². The molecule has 1 aliphatic rings. The summed E-state index contributed by atoms with van der Waals surface area (Å²) in [5, 5.41) is 16.8. The lowest BCUT2D eigenvalue weighted by molar-refractivity contribution is 0.141. The Morgan fingerprint density at radius 1 is 1.48 bits per heavy atom. The monoisotopic (exact) mass is 353 g/mol. The molecule has 1 fully saturated rings. The quantitative estimate of drug-likeness (QED) is 0.792. The highest BCUT2D eigenvalue weighted by Gasteiger charge is 2.24. The number of nitrogens with zero attached hydrogens (tertiary/aromatic N) is 2. The normalized spacial score (nSPS) is 21.8. The van der Waals surface area contributed by atoms with Crippen LogP contribution in [0.15, 0.2) is 15.5 Å². The lowest BCUT2D eigenvalue weighted by Gasteiger charge is -2.30. The molecule has 0 spiro atoms. The molecule has 2 N–H and O–H groups in total. The van der Waals surface area contributed by atoms with Gasteiger partial charge in [0.1, 0.15) is 11.0 Å². The van der Waals surface area contributed by atoms with Gasteiger partial charge in [-0.15, -0.1) is 6.42 Å². The Morgan fingerprint density at radius 3 is 2.86 bits per heavy atom. The van der Waals surface area contributed by atoms with Crippen molar-refractivity contribution in [1.82, 2.24) is 9.78 Å². The van der Waals surface area contributed by atoms with Crippen LogP contribution in [0.1, 0.15) is 25.7 Å². The topological polar surface area (TPSA) is 67.2 Å². The van der Waals surface area contributed by atoms with Gasteiger partial charge in [0.2, 0.25) is 0 Å². The molecule has 1 aromatic heterocycles. The molecule has 2 rings (SSSR count). The molecule has 21 heavy (non-hydrogen) atoms. The Bertz CT molecular complexity index is 579. The maximum absolute atomic E-state index is 12.0. The highest BCUT2D eigenvalue weighted by Crippen LogP contribution is 2.30. The van der Waals surface area contributed by atoms with Crippen LogP contribution in [0.4, 0.5) is 5.69 Å². The summed E-state index contributed by atoms with van der Waals surface area (Å²) in [6.45, 7) is 1.13. The molecule has 0 radical (unpaired) electrons. The molecule has 2 atom stereocenters. The van der Waals surface area contributed by atoms with Crippen molar-refractivity contribution < 1.29 is 5.11 Å². The summed E-state index contributed by atoms with van der Waals surface area (Å²) in [6.07, 6.45) is 11.4. The van der Waals surface area contributed by atoms with E-state index in [0.717, 1.165) is 19.4 Å². The summed E-state index contributed by atoms with van der Waals surface area (Å²) in [4.78, 5) is 12.0. The van der Waals surface area contributed by atoms with Gasteiger partial charge in [-0.2, -0.15) is 5.10 Å². The van der Waals surface area contributed by atoms with Crippen molar-refractivity contribution in [2.45, 2.75) is 32.2 Å². The Morgan fingerprint density at radius 2 is 2.19 bits per heavy atom. The van der Waals surface area contributed by atoms with Gasteiger partial charge in [0.15, 0.2) is 0 Å². The van der Waals surface area contributed by atoms with Crippen LogP contribution in [-0.4, -0.2) is 28.0 Å². The van der Waals surface area contributed by atoms with Gasteiger partial charge in [-0.25, -0.2) is 4.68 Å². The van der Waals surface area contributed by atoms with E-state index in [1.54, 1.807) is 6.20 Å². The summed E-state index contributed by atoms with van der Waals surface area (Å²) in [5.41, 5.74) is 0.441. The first-order chi connectivity index (χ1) is 10.2. The lowest BCUT2D eigenvalue weighted by Crippen LogP contribution is -2.30. The van der Waals surface area contributed by atoms with Crippen LogP contribution in [0.25, 0.3) is 0 Å². The second-order valence-electron chi connectivity index (χ2n) is 5.41. The third-order valence-corrected chi connectivity index (χ3v) is 4.85. The Kier molecular flexibility index (Phi) is 5.83. The molecular formula is C15H20BrN3O2. The summed E-state index contributed by atoms with van der Waals surface area (Å²) < 4.78 is 1.69. The highest BCUT2D eigenvalue weighted by molar-refractivity contribution is 9.10. The first-order valence-corrected chi connectivity index (χ1v) is 8.00. The third kappa shape index (κ3) is 3.86. The average molecular weight is 354 g/mol. The van der Waals surface area contributed by atoms with E-state index in [9.17, 15) is 9.90 Å². The van der Waals surface area contributed by atoms with E-state index in [1.165, 1.54) is 17.5 Å². The van der Waals surface area contributed by atoms with E-state index in [-0.39, 0.29) is 18.7 Å². The number of hydrogen-bond acceptors (Lipinski definition) is 4. The van der Waals surface area contributed by atoms with Crippen molar-refractivity contribution in [1.29, 1.82) is 0 Å². The molecule has 1 heterocycles. The van der Waals surface area contributed by atoms with E-state index in [0.29, 0.717) is 22.0 Å². The maximum atomic E-state index is 12.0. The van der Waals surface area contributed by atoms with Gasteiger partial charge in [-0.05, 0) is 40.6 Å². The molecule has 0 bridgehead atoms. The molecule has 1 saturated carbocycles. The number of aliphatic hydroxyl groups is 1. The molecule has 0 aliphatic heterocycles. The van der Waals surface area contributed by atoms with E-state index in [4.69, 9.17) is 6.42 Å². The minimum Gasteiger partial charge on any atom is -0.396 e. The van der Waals surface area contributed by atoms with Gasteiger partial charge in [0, 0.05) is 13.2 Å². The molecule has 5 nitrogen and oxygen atoms in total. The van der Waals surface area contributed by atoms with Gasteiger partial charge in [-0.1, -0.05) is 18.8 Å². The summed E-state index contributed by atoms with van der Waals surface area (Å²) >= 11 is 3.30. The predicted molar refractivity (Wildman–Crippen MR) is 86.1 cm³/mol. The number of rotatable bonds is 5. The standard InChI is InChI=1S/C15H20BrN3O2/c1-2-7-19-15(21)14(16)13(9-18-19)17-8-11-5-3-4-6-12(11)10-20/h1,9,11-12,17,20H,3-8,10H2. The molecule has 114 valence electrons. The van der Waals surface area contributed by atoms with Crippen LogP contribution < -0.4 is 10.9 Å². The second kappa shape index (κ2) is 7.62. The minimum absolute atomic E-state index is 0.160. The molecule has 1 aliphatic carbocycles. The zero-order valence-electron chi connectivity index (χ0n) is 11.9. The third-order valence-electron chi connectivity index (χ3n) is 4.08. The van der Waals surface area contributed by atoms with Gasteiger partial charge in [0.25, 0.3) is 5.56 Å². The summed E-state index contributed by atoms with van der Waals surface area (Å²) in [5.74, 6) is 3.18. The number of anilines is 1. The fourth-order valence-electron chi connectivity index (χ4n) is 2.82. The van der Waals surface area contributed by atoms with Crippen molar-refractivity contribution in [3.8, 4) is 12.3 Å². The first kappa shape index (κ1) is 16.1. The summed E-state index contributed by atoms with van der Waals surface area (Å²) in [7, 11) is 0. The molecular weight excluding hydrogens is 334 g/mol. The van der Waals surface area contributed by atoms with E-state index < -0.39 is 0 Å². The Hall–Kier alpha value is -1.32. The first-order valence-electron chi connectivity index (χ1n) is 7.21. The highest BCUT2D eigenvalue weighted by atomic mass is 79.9. The number of aromatic nitrogens is 2. The average Bonchev–Trinajstić information content (AvgIpc) is 2.51. The van der Waals surface area contributed by atoms with Gasteiger partial charge >= 0.3 is 0 Å². The number of hydrogen-bond donors (Lipinski definition) is 2. The number of aliphatic hydroxyl groups excluding tert-OH is 1. The van der Waals surface area contributed by atoms with Gasteiger partial charge < -0.3 is 10.4 Å². The van der Waals surface area contributed by atoms with Crippen LogP contribution in [-0.2, 0) is 6.54 Å². The maximum Gasteiger partial charge on any atom is 0.284 e. The molecule has 2 unspecified atom stereocenters. The zero-order chi connectivity index (χ0) is 15.2. The molecule has 0 amide bonds. The van der Waals surface area contributed by atoms with E-state index >= 15 is 0 Å². The van der Waals surface area contributed by atoms with Crippen LogP contribution in [0.3, 0.4) is 0 Å². The van der Waals surface area contributed by atoms with E-state index in [1.807, 2.05) is 0 Å².